The summed E-state index contributed by atoms with van der Waals surface area (Å²) < 4.78 is 18.4. The van der Waals surface area contributed by atoms with E-state index in [2.05, 4.69) is 15.5 Å². The molecule has 0 radical (unpaired) electrons. The Kier molecular flexibility index (Phi) is 5.25. The zero-order valence-corrected chi connectivity index (χ0v) is 15.2. The minimum atomic E-state index is -0.393. The third-order valence-electron chi connectivity index (χ3n) is 4.20. The summed E-state index contributed by atoms with van der Waals surface area (Å²) in [4.78, 5) is 17.3. The van der Waals surface area contributed by atoms with Crippen LogP contribution >= 0.6 is 0 Å². The van der Waals surface area contributed by atoms with Crippen molar-refractivity contribution in [3.05, 3.63) is 102 Å². The summed E-state index contributed by atoms with van der Waals surface area (Å²) in [5.74, 6) is -0.203. The molecular formula is C23H16FN3O2. The van der Waals surface area contributed by atoms with Crippen molar-refractivity contribution in [1.29, 1.82) is 0 Å². The molecule has 142 valence electrons. The third-order valence-corrected chi connectivity index (χ3v) is 4.20. The Labute approximate surface area is 166 Å². The molecule has 6 heteroatoms. The van der Waals surface area contributed by atoms with E-state index in [0.717, 1.165) is 5.56 Å². The van der Waals surface area contributed by atoms with Crippen LogP contribution in [-0.2, 0) is 0 Å². The van der Waals surface area contributed by atoms with Gasteiger partial charge in [0.05, 0.1) is 23.9 Å². The number of hydrogen-bond acceptors (Lipinski definition) is 4. The number of hydrogen-bond donors (Lipinski definition) is 1. The summed E-state index contributed by atoms with van der Waals surface area (Å²) in [5.41, 5.74) is 5.64. The van der Waals surface area contributed by atoms with Crippen molar-refractivity contribution in [3.8, 4) is 22.5 Å². The Morgan fingerprint density at radius 2 is 1.62 bits per heavy atom. The predicted octanol–water partition coefficient (Wildman–Crippen LogP) is 4.91. The Morgan fingerprint density at radius 3 is 2.28 bits per heavy atom. The molecule has 2 heterocycles. The maximum atomic E-state index is 13.3. The fourth-order valence-corrected chi connectivity index (χ4v) is 2.77. The van der Waals surface area contributed by atoms with Gasteiger partial charge < -0.3 is 4.42 Å². The van der Waals surface area contributed by atoms with Crippen LogP contribution in [0.2, 0.25) is 0 Å². The second-order valence-corrected chi connectivity index (χ2v) is 6.21. The van der Waals surface area contributed by atoms with Crippen LogP contribution in [0.1, 0.15) is 16.1 Å². The number of rotatable bonds is 5. The maximum absolute atomic E-state index is 13.3. The van der Waals surface area contributed by atoms with E-state index in [-0.39, 0.29) is 5.82 Å². The summed E-state index contributed by atoms with van der Waals surface area (Å²) >= 11 is 0. The smallest absolute Gasteiger partial charge is 0.271 e. The molecule has 2 aromatic carbocycles. The first-order chi connectivity index (χ1) is 14.2. The number of pyridine rings is 1. The van der Waals surface area contributed by atoms with E-state index >= 15 is 0 Å². The van der Waals surface area contributed by atoms with Gasteiger partial charge in [0.25, 0.3) is 5.91 Å². The molecule has 0 atom stereocenters. The SMILES string of the molecule is O=C(N/N=C/c1ccco1)c1cc(-c2ccccc2)nc(-c2ccc(F)cc2)c1. The zero-order chi connectivity index (χ0) is 20.1. The molecule has 0 unspecified atom stereocenters. The Morgan fingerprint density at radius 1 is 0.931 bits per heavy atom. The number of hydrazone groups is 1. The Bertz CT molecular complexity index is 1140. The van der Waals surface area contributed by atoms with E-state index in [0.29, 0.717) is 28.3 Å². The van der Waals surface area contributed by atoms with Crippen LogP contribution in [0.3, 0.4) is 0 Å². The van der Waals surface area contributed by atoms with Crippen LogP contribution in [0.15, 0.2) is 94.6 Å². The molecule has 2 aromatic heterocycles. The molecule has 1 N–H and O–H groups in total. The first kappa shape index (κ1) is 18.3. The van der Waals surface area contributed by atoms with Gasteiger partial charge in [-0.3, -0.25) is 4.79 Å². The van der Waals surface area contributed by atoms with E-state index in [4.69, 9.17) is 4.42 Å². The quantitative estimate of drug-likeness (QED) is 0.392. The largest absolute Gasteiger partial charge is 0.463 e. The minimum Gasteiger partial charge on any atom is -0.463 e. The van der Waals surface area contributed by atoms with Gasteiger partial charge in [0.15, 0.2) is 0 Å². The molecule has 0 saturated carbocycles. The summed E-state index contributed by atoms with van der Waals surface area (Å²) in [6.07, 6.45) is 2.94. The molecule has 0 aliphatic rings. The molecule has 1 amide bonds. The van der Waals surface area contributed by atoms with Crippen LogP contribution < -0.4 is 5.43 Å². The minimum absolute atomic E-state index is 0.335. The highest BCUT2D eigenvalue weighted by Gasteiger charge is 2.12. The van der Waals surface area contributed by atoms with Crippen molar-refractivity contribution < 1.29 is 13.6 Å². The van der Waals surface area contributed by atoms with Crippen LogP contribution in [0.4, 0.5) is 4.39 Å². The number of furan rings is 1. The summed E-state index contributed by atoms with van der Waals surface area (Å²) in [6, 6.07) is 22.3. The molecule has 4 aromatic rings. The number of amides is 1. The molecule has 0 saturated heterocycles. The van der Waals surface area contributed by atoms with Gasteiger partial charge in [-0.1, -0.05) is 30.3 Å². The van der Waals surface area contributed by atoms with Gasteiger partial charge in [-0.05, 0) is 48.5 Å². The predicted molar refractivity (Wildman–Crippen MR) is 109 cm³/mol. The second-order valence-electron chi connectivity index (χ2n) is 6.21. The summed E-state index contributed by atoms with van der Waals surface area (Å²) in [5, 5.41) is 3.92. The van der Waals surface area contributed by atoms with E-state index in [1.54, 1.807) is 36.4 Å². The van der Waals surface area contributed by atoms with Gasteiger partial charge in [0.1, 0.15) is 11.6 Å². The van der Waals surface area contributed by atoms with E-state index in [1.165, 1.54) is 24.6 Å². The van der Waals surface area contributed by atoms with Crippen LogP contribution in [-0.4, -0.2) is 17.1 Å². The van der Waals surface area contributed by atoms with Crippen molar-refractivity contribution in [2.45, 2.75) is 0 Å². The van der Waals surface area contributed by atoms with E-state index in [9.17, 15) is 9.18 Å². The average molecular weight is 385 g/mol. The van der Waals surface area contributed by atoms with Crippen LogP contribution in [0, 0.1) is 5.82 Å². The first-order valence-electron chi connectivity index (χ1n) is 8.89. The standard InChI is InChI=1S/C23H16FN3O2/c24-19-10-8-17(9-11-19)22-14-18(13-21(26-22)16-5-2-1-3-6-16)23(28)27-25-15-20-7-4-12-29-20/h1-15H,(H,27,28)/b25-15+. The number of nitrogens with one attached hydrogen (secondary N) is 1. The highest BCUT2D eigenvalue weighted by atomic mass is 19.1. The number of benzene rings is 2. The lowest BCUT2D eigenvalue weighted by atomic mass is 10.0. The molecule has 4 rings (SSSR count). The molecule has 0 fully saturated rings. The highest BCUT2D eigenvalue weighted by Crippen LogP contribution is 2.25. The average Bonchev–Trinajstić information content (AvgIpc) is 3.28. The maximum Gasteiger partial charge on any atom is 0.271 e. The van der Waals surface area contributed by atoms with Crippen molar-refractivity contribution in [3.63, 3.8) is 0 Å². The lowest BCUT2D eigenvalue weighted by Crippen LogP contribution is -2.18. The van der Waals surface area contributed by atoms with Crippen molar-refractivity contribution in [2.24, 2.45) is 5.10 Å². The summed E-state index contributed by atoms with van der Waals surface area (Å²) in [6.45, 7) is 0. The molecular weight excluding hydrogens is 369 g/mol. The van der Waals surface area contributed by atoms with Crippen molar-refractivity contribution in [1.82, 2.24) is 10.4 Å². The molecule has 0 aliphatic heterocycles. The van der Waals surface area contributed by atoms with Gasteiger partial charge in [0, 0.05) is 16.7 Å². The lowest BCUT2D eigenvalue weighted by Gasteiger charge is -2.09. The van der Waals surface area contributed by atoms with Gasteiger partial charge in [-0.15, -0.1) is 0 Å². The fourth-order valence-electron chi connectivity index (χ4n) is 2.77. The Hall–Kier alpha value is -4.06. The normalized spacial score (nSPS) is 10.9. The topological polar surface area (TPSA) is 67.5 Å². The zero-order valence-electron chi connectivity index (χ0n) is 15.2. The van der Waals surface area contributed by atoms with Crippen LogP contribution in [0.5, 0.6) is 0 Å². The fraction of sp³-hybridized carbons (Fsp3) is 0. The number of carbonyl (C=O) groups is 1. The van der Waals surface area contributed by atoms with Gasteiger partial charge in [-0.25, -0.2) is 14.8 Å². The van der Waals surface area contributed by atoms with Gasteiger partial charge in [-0.2, -0.15) is 5.10 Å². The van der Waals surface area contributed by atoms with Crippen molar-refractivity contribution >= 4 is 12.1 Å². The molecule has 0 aliphatic carbocycles. The van der Waals surface area contributed by atoms with Gasteiger partial charge in [0.2, 0.25) is 0 Å². The van der Waals surface area contributed by atoms with E-state index in [1.807, 2.05) is 30.3 Å². The first-order valence-corrected chi connectivity index (χ1v) is 8.89. The molecule has 0 bridgehead atoms. The number of halogens is 1. The Balaban J connectivity index is 1.69. The summed E-state index contributed by atoms with van der Waals surface area (Å²) in [7, 11) is 0. The van der Waals surface area contributed by atoms with Gasteiger partial charge >= 0.3 is 0 Å². The number of carbonyl (C=O) groups excluding carboxylic acids is 1. The molecule has 0 spiro atoms. The molecule has 29 heavy (non-hydrogen) atoms. The van der Waals surface area contributed by atoms with Crippen molar-refractivity contribution in [2.75, 3.05) is 0 Å². The monoisotopic (exact) mass is 385 g/mol. The van der Waals surface area contributed by atoms with E-state index < -0.39 is 5.91 Å². The highest BCUT2D eigenvalue weighted by molar-refractivity contribution is 5.96. The molecule has 5 nitrogen and oxygen atoms in total. The third kappa shape index (κ3) is 4.44. The number of aromatic nitrogens is 1. The number of nitrogens with zero attached hydrogens (tertiary/aromatic N) is 2. The van der Waals surface area contributed by atoms with Crippen LogP contribution in [0.25, 0.3) is 22.5 Å². The lowest BCUT2D eigenvalue weighted by molar-refractivity contribution is 0.0955. The second kappa shape index (κ2) is 8.31.